The summed E-state index contributed by atoms with van der Waals surface area (Å²) in [7, 11) is 0. The van der Waals surface area contributed by atoms with Crippen LogP contribution in [-0.4, -0.2) is 15.5 Å². The minimum absolute atomic E-state index is 0.0138. The third-order valence-corrected chi connectivity index (χ3v) is 3.94. The molecule has 20 heavy (non-hydrogen) atoms. The number of hydrogen-bond donors (Lipinski definition) is 2. The fourth-order valence-corrected chi connectivity index (χ4v) is 2.76. The molecule has 1 aromatic carbocycles. The van der Waals surface area contributed by atoms with E-state index in [4.69, 9.17) is 5.84 Å². The lowest BCUT2D eigenvalue weighted by atomic mass is 10.0. The van der Waals surface area contributed by atoms with E-state index in [0.717, 1.165) is 22.8 Å². The normalized spacial score (nSPS) is 14.3. The molecular weight excluding hydrogens is 281 g/mol. The molecule has 3 N–H and O–H groups in total. The molecule has 0 atom stereocenters. The Bertz CT molecular complexity index is 659. The number of hydrogen-bond acceptors (Lipinski definition) is 6. The summed E-state index contributed by atoms with van der Waals surface area (Å²) in [4.78, 5) is 13.7. The molecule has 0 saturated carbocycles. The van der Waals surface area contributed by atoms with E-state index in [2.05, 4.69) is 15.0 Å². The van der Waals surface area contributed by atoms with Gasteiger partial charge in [-0.3, -0.25) is 4.79 Å². The predicted octanol–water partition coefficient (Wildman–Crippen LogP) is 1.44. The number of aromatic nitrogens is 2. The van der Waals surface area contributed by atoms with Crippen molar-refractivity contribution in [2.75, 3.05) is 10.3 Å². The number of amides is 1. The van der Waals surface area contributed by atoms with Crippen LogP contribution < -0.4 is 16.2 Å². The third kappa shape index (κ3) is 2.23. The van der Waals surface area contributed by atoms with Crippen molar-refractivity contribution in [1.29, 1.82) is 0 Å². The van der Waals surface area contributed by atoms with Gasteiger partial charge in [0.2, 0.25) is 5.91 Å². The number of carbonyl (C=O) groups excluding carboxylic acids is 1. The summed E-state index contributed by atoms with van der Waals surface area (Å²) in [5, 5.41) is 4.58. The number of carbonyl (C=O) groups is 1. The lowest BCUT2D eigenvalue weighted by molar-refractivity contribution is -0.119. The van der Waals surface area contributed by atoms with Crippen LogP contribution in [0.4, 0.5) is 15.1 Å². The largest absolute Gasteiger partial charge is 0.313 e. The molecule has 0 spiro atoms. The smallest absolute Gasteiger partial charge is 0.227 e. The molecule has 0 unspecified atom stereocenters. The zero-order valence-corrected chi connectivity index (χ0v) is 11.3. The molecule has 0 saturated heterocycles. The number of rotatable bonds is 3. The molecule has 3 rings (SSSR count). The molecule has 1 amide bonds. The SMILES string of the molecule is NNc1snnc1CN1C(=O)CCc2cc(F)ccc21. The summed E-state index contributed by atoms with van der Waals surface area (Å²) in [6.07, 6.45) is 0.916. The second-order valence-corrected chi connectivity index (χ2v) is 5.20. The van der Waals surface area contributed by atoms with E-state index >= 15 is 0 Å². The highest BCUT2D eigenvalue weighted by Crippen LogP contribution is 2.31. The molecule has 8 heteroatoms. The average Bonchev–Trinajstić information content (AvgIpc) is 2.89. The Morgan fingerprint density at radius 1 is 1.45 bits per heavy atom. The van der Waals surface area contributed by atoms with Crippen LogP contribution in [0.15, 0.2) is 18.2 Å². The zero-order chi connectivity index (χ0) is 14.1. The molecule has 2 heterocycles. The van der Waals surface area contributed by atoms with E-state index in [0.29, 0.717) is 23.5 Å². The molecule has 1 aliphatic rings. The van der Waals surface area contributed by atoms with Gasteiger partial charge in [0, 0.05) is 23.6 Å². The minimum atomic E-state index is -0.294. The van der Waals surface area contributed by atoms with Gasteiger partial charge in [0.1, 0.15) is 16.5 Å². The van der Waals surface area contributed by atoms with Crippen LogP contribution in [-0.2, 0) is 17.8 Å². The number of benzene rings is 1. The van der Waals surface area contributed by atoms with Crippen molar-refractivity contribution < 1.29 is 9.18 Å². The van der Waals surface area contributed by atoms with Gasteiger partial charge in [0.25, 0.3) is 0 Å². The Balaban J connectivity index is 1.95. The summed E-state index contributed by atoms with van der Waals surface area (Å²) in [6, 6.07) is 4.44. The van der Waals surface area contributed by atoms with Crippen LogP contribution in [0.5, 0.6) is 0 Å². The second kappa shape index (κ2) is 5.14. The Labute approximate surface area is 118 Å². The van der Waals surface area contributed by atoms with Crippen LogP contribution in [0.3, 0.4) is 0 Å². The minimum Gasteiger partial charge on any atom is -0.313 e. The third-order valence-electron chi connectivity index (χ3n) is 3.24. The molecular formula is C12H12FN5OS. The molecule has 0 radical (unpaired) electrons. The Morgan fingerprint density at radius 2 is 2.30 bits per heavy atom. The molecule has 2 aromatic rings. The number of halogens is 1. The molecule has 0 bridgehead atoms. The van der Waals surface area contributed by atoms with E-state index in [1.807, 2.05) is 0 Å². The van der Waals surface area contributed by atoms with Crippen LogP contribution in [0, 0.1) is 5.82 Å². The Kier molecular flexibility index (Phi) is 3.33. The number of fused-ring (bicyclic) bond motifs is 1. The van der Waals surface area contributed by atoms with Gasteiger partial charge in [-0.1, -0.05) is 4.49 Å². The van der Waals surface area contributed by atoms with Crippen LogP contribution in [0.25, 0.3) is 0 Å². The highest BCUT2D eigenvalue weighted by atomic mass is 32.1. The van der Waals surface area contributed by atoms with E-state index in [1.165, 1.54) is 12.1 Å². The van der Waals surface area contributed by atoms with Gasteiger partial charge in [-0.2, -0.15) is 0 Å². The first-order valence-electron chi connectivity index (χ1n) is 6.05. The first-order valence-corrected chi connectivity index (χ1v) is 6.83. The van der Waals surface area contributed by atoms with E-state index in [1.54, 1.807) is 11.0 Å². The van der Waals surface area contributed by atoms with Crippen LogP contribution in [0.2, 0.25) is 0 Å². The number of nitrogens with one attached hydrogen (secondary N) is 1. The molecule has 6 nitrogen and oxygen atoms in total. The molecule has 0 fully saturated rings. The molecule has 1 aliphatic heterocycles. The summed E-state index contributed by atoms with van der Waals surface area (Å²) in [5.41, 5.74) is 4.66. The van der Waals surface area contributed by atoms with Gasteiger partial charge < -0.3 is 10.3 Å². The van der Waals surface area contributed by atoms with Gasteiger partial charge in [0.15, 0.2) is 0 Å². The first kappa shape index (κ1) is 12.9. The maximum atomic E-state index is 13.3. The van der Waals surface area contributed by atoms with Gasteiger partial charge in [-0.25, -0.2) is 10.2 Å². The number of nitrogens with two attached hydrogens (primary N) is 1. The lowest BCUT2D eigenvalue weighted by Gasteiger charge is -2.29. The van der Waals surface area contributed by atoms with Gasteiger partial charge in [-0.15, -0.1) is 5.10 Å². The van der Waals surface area contributed by atoms with Gasteiger partial charge >= 0.3 is 0 Å². The number of anilines is 2. The number of nitrogens with zero attached hydrogens (tertiary/aromatic N) is 3. The van der Waals surface area contributed by atoms with Gasteiger partial charge in [-0.05, 0) is 30.2 Å². The lowest BCUT2D eigenvalue weighted by Crippen LogP contribution is -2.35. The highest BCUT2D eigenvalue weighted by Gasteiger charge is 2.26. The van der Waals surface area contributed by atoms with Crippen molar-refractivity contribution in [2.24, 2.45) is 5.84 Å². The molecule has 1 aromatic heterocycles. The topological polar surface area (TPSA) is 84.1 Å². The number of nitrogen functional groups attached to an aromatic ring is 1. The average molecular weight is 293 g/mol. The quantitative estimate of drug-likeness (QED) is 0.661. The highest BCUT2D eigenvalue weighted by molar-refractivity contribution is 7.10. The second-order valence-electron chi connectivity index (χ2n) is 4.45. The Morgan fingerprint density at radius 3 is 3.10 bits per heavy atom. The summed E-state index contributed by atoms with van der Waals surface area (Å²) in [5.74, 6) is 5.07. The van der Waals surface area contributed by atoms with Crippen molar-refractivity contribution >= 4 is 28.1 Å². The van der Waals surface area contributed by atoms with Crippen molar-refractivity contribution in [3.63, 3.8) is 0 Å². The van der Waals surface area contributed by atoms with Crippen molar-refractivity contribution in [3.8, 4) is 0 Å². The summed E-state index contributed by atoms with van der Waals surface area (Å²) >= 11 is 1.13. The molecule has 0 aliphatic carbocycles. The first-order chi connectivity index (χ1) is 9.69. The number of hydrazine groups is 1. The van der Waals surface area contributed by atoms with Crippen molar-refractivity contribution in [3.05, 3.63) is 35.3 Å². The fourth-order valence-electron chi connectivity index (χ4n) is 2.27. The maximum Gasteiger partial charge on any atom is 0.227 e. The van der Waals surface area contributed by atoms with Crippen molar-refractivity contribution in [2.45, 2.75) is 19.4 Å². The monoisotopic (exact) mass is 293 g/mol. The zero-order valence-electron chi connectivity index (χ0n) is 10.5. The van der Waals surface area contributed by atoms with Gasteiger partial charge in [0.05, 0.1) is 6.54 Å². The summed E-state index contributed by atoms with van der Waals surface area (Å²) in [6.45, 7) is 0.271. The Hall–Kier alpha value is -2.06. The standard InChI is InChI=1S/C12H12FN5OS/c13-8-2-3-10-7(5-8)1-4-11(19)18(10)6-9-12(15-14)20-17-16-9/h2-3,5,15H,1,4,6,14H2. The van der Waals surface area contributed by atoms with E-state index in [9.17, 15) is 9.18 Å². The number of aryl methyl sites for hydroxylation is 1. The predicted molar refractivity (Wildman–Crippen MR) is 73.6 cm³/mol. The fraction of sp³-hybridized carbons (Fsp3) is 0.250. The van der Waals surface area contributed by atoms with Crippen molar-refractivity contribution in [1.82, 2.24) is 9.59 Å². The molecule has 104 valence electrons. The maximum absolute atomic E-state index is 13.3. The van der Waals surface area contributed by atoms with Crippen LogP contribution in [0.1, 0.15) is 17.7 Å². The van der Waals surface area contributed by atoms with E-state index in [-0.39, 0.29) is 18.3 Å². The van der Waals surface area contributed by atoms with E-state index < -0.39 is 0 Å². The summed E-state index contributed by atoms with van der Waals surface area (Å²) < 4.78 is 17.1. The van der Waals surface area contributed by atoms with Crippen LogP contribution >= 0.6 is 11.5 Å².